The number of unbranched alkanes of at least 4 members (excludes halogenated alkanes) is 2. The third-order valence-electron chi connectivity index (χ3n) is 4.22. The van der Waals surface area contributed by atoms with Gasteiger partial charge >= 0.3 is 0 Å². The summed E-state index contributed by atoms with van der Waals surface area (Å²) in [4.78, 5) is 11.0. The van der Waals surface area contributed by atoms with E-state index in [9.17, 15) is 0 Å². The van der Waals surface area contributed by atoms with Crippen LogP contribution in [-0.4, -0.2) is 11.2 Å². The third kappa shape index (κ3) is 2.73. The van der Waals surface area contributed by atoms with Crippen molar-refractivity contribution in [3.8, 4) is 11.8 Å². The van der Waals surface area contributed by atoms with Gasteiger partial charge in [-0.1, -0.05) is 52.4 Å². The van der Waals surface area contributed by atoms with Gasteiger partial charge < -0.3 is 0 Å². The van der Waals surface area contributed by atoms with E-state index in [-0.39, 0.29) is 5.60 Å². The van der Waals surface area contributed by atoms with E-state index in [0.29, 0.717) is 5.92 Å². The van der Waals surface area contributed by atoms with E-state index in [1.165, 1.54) is 32.1 Å². The van der Waals surface area contributed by atoms with Crippen LogP contribution in [0, 0.1) is 17.8 Å². The maximum atomic E-state index is 5.64. The lowest BCUT2D eigenvalue weighted by molar-refractivity contribution is -0.544. The first-order valence-electron chi connectivity index (χ1n) is 7.37. The number of hydrogen-bond acceptors (Lipinski definition) is 2. The van der Waals surface area contributed by atoms with Crippen LogP contribution in [-0.2, 0) is 9.78 Å². The number of rotatable bonds is 7. The minimum Gasteiger partial charge on any atom is -0.224 e. The Kier molecular flexibility index (Phi) is 5.69. The highest BCUT2D eigenvalue weighted by Gasteiger charge is 2.62. The molecule has 0 radical (unpaired) electrons. The maximum absolute atomic E-state index is 5.64. The molecule has 18 heavy (non-hydrogen) atoms. The number of hydrogen-bond donors (Lipinski definition) is 0. The molecule has 1 aliphatic heterocycles. The van der Waals surface area contributed by atoms with Crippen molar-refractivity contribution in [3.05, 3.63) is 0 Å². The molecule has 0 spiro atoms. The molecule has 0 aromatic carbocycles. The van der Waals surface area contributed by atoms with E-state index in [1.807, 2.05) is 6.92 Å². The monoisotopic (exact) mass is 252 g/mol. The van der Waals surface area contributed by atoms with Gasteiger partial charge in [0.2, 0.25) is 0 Å². The summed E-state index contributed by atoms with van der Waals surface area (Å²) in [7, 11) is 0. The highest BCUT2D eigenvalue weighted by Crippen LogP contribution is 2.50. The van der Waals surface area contributed by atoms with Crippen molar-refractivity contribution in [3.63, 3.8) is 0 Å². The molecule has 2 heteroatoms. The second-order valence-corrected chi connectivity index (χ2v) is 5.61. The highest BCUT2D eigenvalue weighted by molar-refractivity contribution is 5.23. The largest absolute Gasteiger partial charge is 0.224 e. The Balaban J connectivity index is 2.84. The summed E-state index contributed by atoms with van der Waals surface area (Å²) in [6, 6.07) is 0. The van der Waals surface area contributed by atoms with Crippen molar-refractivity contribution in [2.45, 2.75) is 84.3 Å². The van der Waals surface area contributed by atoms with Crippen LogP contribution in [0.4, 0.5) is 0 Å². The molecular formula is C16H28O2. The van der Waals surface area contributed by atoms with Gasteiger partial charge in [0.25, 0.3) is 0 Å². The molecule has 0 aliphatic carbocycles. The highest BCUT2D eigenvalue weighted by atomic mass is 17.3. The molecule has 3 atom stereocenters. The Morgan fingerprint density at radius 1 is 1.11 bits per heavy atom. The summed E-state index contributed by atoms with van der Waals surface area (Å²) in [6.45, 7) is 10.7. The normalized spacial score (nSPS) is 32.3. The zero-order valence-corrected chi connectivity index (χ0v) is 12.6. The molecule has 1 rings (SSSR count). The lowest BCUT2D eigenvalue weighted by Crippen LogP contribution is -2.67. The van der Waals surface area contributed by atoms with Crippen LogP contribution < -0.4 is 0 Å². The smallest absolute Gasteiger partial charge is 0.192 e. The van der Waals surface area contributed by atoms with E-state index < -0.39 is 5.60 Å². The van der Waals surface area contributed by atoms with Crippen molar-refractivity contribution in [1.82, 2.24) is 0 Å². The van der Waals surface area contributed by atoms with E-state index in [2.05, 4.69) is 39.5 Å². The Hall–Kier alpha value is -0.520. The van der Waals surface area contributed by atoms with E-state index in [0.717, 1.165) is 6.42 Å². The van der Waals surface area contributed by atoms with Crippen molar-refractivity contribution < 1.29 is 9.78 Å². The summed E-state index contributed by atoms with van der Waals surface area (Å²) in [6.07, 6.45) is 7.05. The average Bonchev–Trinajstić information content (AvgIpc) is 2.36. The Labute approximate surface area is 112 Å². The molecule has 0 aromatic rings. The van der Waals surface area contributed by atoms with Gasteiger partial charge in [-0.2, -0.15) is 0 Å². The van der Waals surface area contributed by atoms with Crippen molar-refractivity contribution in [1.29, 1.82) is 0 Å². The molecule has 1 heterocycles. The lowest BCUT2D eigenvalue weighted by Gasteiger charge is -2.55. The van der Waals surface area contributed by atoms with Gasteiger partial charge in [0, 0.05) is 0 Å². The molecule has 0 bridgehead atoms. The van der Waals surface area contributed by atoms with E-state index in [4.69, 9.17) is 9.78 Å². The Morgan fingerprint density at radius 3 is 2.22 bits per heavy atom. The summed E-state index contributed by atoms with van der Waals surface area (Å²) >= 11 is 0. The first-order chi connectivity index (χ1) is 8.56. The van der Waals surface area contributed by atoms with E-state index in [1.54, 1.807) is 0 Å². The van der Waals surface area contributed by atoms with Gasteiger partial charge in [0.15, 0.2) is 5.60 Å². The second-order valence-electron chi connectivity index (χ2n) is 5.61. The van der Waals surface area contributed by atoms with Crippen LogP contribution in [0.3, 0.4) is 0 Å². The minimum absolute atomic E-state index is 0.207. The SMILES string of the molecule is CC#CC1(C)OOC1(CCCC)C(C)CCCC. The van der Waals surface area contributed by atoms with Crippen LogP contribution in [0.2, 0.25) is 0 Å². The predicted octanol–water partition coefficient (Wildman–Crippen LogP) is 4.49. The minimum atomic E-state index is -0.427. The zero-order valence-electron chi connectivity index (χ0n) is 12.6. The average molecular weight is 252 g/mol. The second kappa shape index (κ2) is 6.59. The lowest BCUT2D eigenvalue weighted by atomic mass is 9.69. The molecule has 0 amide bonds. The molecule has 1 aliphatic rings. The van der Waals surface area contributed by atoms with Crippen LogP contribution in [0.5, 0.6) is 0 Å². The van der Waals surface area contributed by atoms with Crippen LogP contribution in [0.25, 0.3) is 0 Å². The molecular weight excluding hydrogens is 224 g/mol. The molecule has 104 valence electrons. The van der Waals surface area contributed by atoms with Crippen LogP contribution in [0.15, 0.2) is 0 Å². The van der Waals surface area contributed by atoms with Gasteiger partial charge in [-0.25, -0.2) is 9.78 Å². The van der Waals surface area contributed by atoms with Gasteiger partial charge in [0.1, 0.15) is 5.60 Å². The Morgan fingerprint density at radius 2 is 1.78 bits per heavy atom. The molecule has 0 aromatic heterocycles. The quantitative estimate of drug-likeness (QED) is 0.491. The molecule has 1 saturated heterocycles. The van der Waals surface area contributed by atoms with Gasteiger partial charge in [-0.15, -0.1) is 5.92 Å². The Bertz CT molecular complexity index is 315. The maximum Gasteiger partial charge on any atom is 0.192 e. The topological polar surface area (TPSA) is 18.5 Å². The summed E-state index contributed by atoms with van der Waals surface area (Å²) in [5.41, 5.74) is -0.634. The standard InChI is InChI=1S/C16H28O2/c1-6-9-11-14(4)16(13-10-7-2)15(5,12-8-3)17-18-16/h14H,6-7,9-11,13H2,1-5H3. The fourth-order valence-corrected chi connectivity index (χ4v) is 2.90. The first-order valence-corrected chi connectivity index (χ1v) is 7.37. The molecule has 0 N–H and O–H groups in total. The van der Waals surface area contributed by atoms with Gasteiger partial charge in [0.05, 0.1) is 0 Å². The predicted molar refractivity (Wildman–Crippen MR) is 75.0 cm³/mol. The zero-order chi connectivity index (χ0) is 13.6. The molecule has 0 saturated carbocycles. The first kappa shape index (κ1) is 15.5. The summed E-state index contributed by atoms with van der Waals surface area (Å²) in [5.74, 6) is 6.71. The molecule has 1 fully saturated rings. The molecule has 3 unspecified atom stereocenters. The van der Waals surface area contributed by atoms with Crippen LogP contribution >= 0.6 is 0 Å². The molecule has 2 nitrogen and oxygen atoms in total. The fraction of sp³-hybridized carbons (Fsp3) is 0.875. The van der Waals surface area contributed by atoms with Gasteiger partial charge in [-0.05, 0) is 32.6 Å². The van der Waals surface area contributed by atoms with Crippen LogP contribution in [0.1, 0.15) is 73.1 Å². The van der Waals surface area contributed by atoms with Crippen molar-refractivity contribution >= 4 is 0 Å². The summed E-state index contributed by atoms with van der Waals surface area (Å²) < 4.78 is 0. The van der Waals surface area contributed by atoms with Gasteiger partial charge in [-0.3, -0.25) is 0 Å². The van der Waals surface area contributed by atoms with E-state index >= 15 is 0 Å². The van der Waals surface area contributed by atoms with Crippen molar-refractivity contribution in [2.75, 3.05) is 0 Å². The van der Waals surface area contributed by atoms with Crippen molar-refractivity contribution in [2.24, 2.45) is 5.92 Å². The fourth-order valence-electron chi connectivity index (χ4n) is 2.90. The third-order valence-corrected chi connectivity index (χ3v) is 4.22. The summed E-state index contributed by atoms with van der Waals surface area (Å²) in [5, 5.41) is 0.